The smallest absolute Gasteiger partial charge is 0.271 e. The molecule has 0 bridgehead atoms. The van der Waals surface area contributed by atoms with Gasteiger partial charge in [0.05, 0.1) is 6.21 Å². The molecule has 4 nitrogen and oxygen atoms in total. The summed E-state index contributed by atoms with van der Waals surface area (Å²) in [6, 6.07) is 9.43. The van der Waals surface area contributed by atoms with Crippen LogP contribution >= 0.6 is 0 Å². The fourth-order valence-corrected chi connectivity index (χ4v) is 1.38. The summed E-state index contributed by atoms with van der Waals surface area (Å²) in [4.78, 5) is 11.6. The van der Waals surface area contributed by atoms with Gasteiger partial charge in [-0.15, -0.1) is 0 Å². The second kappa shape index (κ2) is 6.15. The van der Waals surface area contributed by atoms with Gasteiger partial charge in [0.15, 0.2) is 0 Å². The molecular formula is C13H18N2O2. The predicted octanol–water partition coefficient (Wildman–Crippen LogP) is 1.69. The van der Waals surface area contributed by atoms with Crippen LogP contribution in [0.3, 0.4) is 0 Å². The fraction of sp³-hybridized carbons (Fsp3) is 0.385. The van der Waals surface area contributed by atoms with Crippen LogP contribution in [-0.4, -0.2) is 22.8 Å². The highest BCUT2D eigenvalue weighted by Crippen LogP contribution is 2.14. The molecule has 1 aromatic rings. The van der Waals surface area contributed by atoms with Crippen molar-refractivity contribution in [1.82, 2.24) is 5.43 Å². The van der Waals surface area contributed by atoms with E-state index in [0.717, 1.165) is 5.56 Å². The van der Waals surface area contributed by atoms with E-state index in [9.17, 15) is 9.90 Å². The van der Waals surface area contributed by atoms with Crippen molar-refractivity contribution in [2.75, 3.05) is 0 Å². The van der Waals surface area contributed by atoms with Crippen molar-refractivity contribution >= 4 is 12.1 Å². The van der Waals surface area contributed by atoms with E-state index < -0.39 is 11.5 Å². The summed E-state index contributed by atoms with van der Waals surface area (Å²) in [5, 5.41) is 13.7. The van der Waals surface area contributed by atoms with Crippen molar-refractivity contribution in [3.05, 3.63) is 35.9 Å². The Hall–Kier alpha value is -1.68. The van der Waals surface area contributed by atoms with Crippen LogP contribution in [0.15, 0.2) is 35.4 Å². The Morgan fingerprint density at radius 2 is 1.94 bits per heavy atom. The molecule has 4 heteroatoms. The molecule has 0 saturated carbocycles. The Kier molecular flexibility index (Phi) is 4.84. The first-order valence-corrected chi connectivity index (χ1v) is 5.73. The fourth-order valence-electron chi connectivity index (χ4n) is 1.38. The average molecular weight is 234 g/mol. The molecule has 0 saturated heterocycles. The number of aliphatic hydroxyl groups is 1. The van der Waals surface area contributed by atoms with Gasteiger partial charge in [-0.3, -0.25) is 4.79 Å². The molecule has 17 heavy (non-hydrogen) atoms. The average Bonchev–Trinajstić information content (AvgIpc) is 2.39. The molecule has 1 aromatic carbocycles. The van der Waals surface area contributed by atoms with E-state index in [-0.39, 0.29) is 0 Å². The van der Waals surface area contributed by atoms with Gasteiger partial charge in [0.25, 0.3) is 5.91 Å². The van der Waals surface area contributed by atoms with Crippen LogP contribution in [0, 0.1) is 0 Å². The van der Waals surface area contributed by atoms with Gasteiger partial charge in [-0.25, -0.2) is 5.43 Å². The lowest BCUT2D eigenvalue weighted by molar-refractivity contribution is -0.140. The Morgan fingerprint density at radius 1 is 1.35 bits per heavy atom. The van der Waals surface area contributed by atoms with Gasteiger partial charge in [0.1, 0.15) is 5.60 Å². The zero-order valence-corrected chi connectivity index (χ0v) is 10.2. The maximum atomic E-state index is 11.6. The summed E-state index contributed by atoms with van der Waals surface area (Å²) in [6.07, 6.45) is 2.29. The lowest BCUT2D eigenvalue weighted by Gasteiger charge is -2.21. The maximum absolute atomic E-state index is 11.6. The van der Waals surface area contributed by atoms with E-state index in [4.69, 9.17) is 0 Å². The number of benzene rings is 1. The maximum Gasteiger partial charge on any atom is 0.271 e. The third kappa shape index (κ3) is 3.67. The molecule has 0 atom stereocenters. The van der Waals surface area contributed by atoms with Crippen molar-refractivity contribution in [2.45, 2.75) is 32.3 Å². The second-order valence-corrected chi connectivity index (χ2v) is 3.85. The monoisotopic (exact) mass is 234 g/mol. The Bertz CT molecular complexity index is 384. The van der Waals surface area contributed by atoms with Crippen LogP contribution in [0.2, 0.25) is 0 Å². The molecule has 0 aliphatic rings. The SMILES string of the molecule is CCC(O)(CC)C(=O)N/N=C/c1ccccc1. The standard InChI is InChI=1S/C13H18N2O2/c1-3-13(17,4-2)12(16)15-14-10-11-8-6-5-7-9-11/h5-10,17H,3-4H2,1-2H3,(H,15,16)/b14-10+. The Morgan fingerprint density at radius 3 is 2.47 bits per heavy atom. The summed E-state index contributed by atoms with van der Waals surface area (Å²) in [7, 11) is 0. The predicted molar refractivity (Wildman–Crippen MR) is 67.7 cm³/mol. The Labute approximate surface area is 101 Å². The van der Waals surface area contributed by atoms with Gasteiger partial charge in [0, 0.05) is 0 Å². The molecule has 0 spiro atoms. The minimum atomic E-state index is -1.33. The lowest BCUT2D eigenvalue weighted by Crippen LogP contribution is -2.44. The van der Waals surface area contributed by atoms with Crippen LogP contribution in [0.4, 0.5) is 0 Å². The highest BCUT2D eigenvalue weighted by molar-refractivity contribution is 5.86. The molecule has 1 amide bonds. The molecule has 1 rings (SSSR count). The zero-order chi connectivity index (χ0) is 12.7. The quantitative estimate of drug-likeness (QED) is 0.601. The molecule has 0 aliphatic carbocycles. The second-order valence-electron chi connectivity index (χ2n) is 3.85. The van der Waals surface area contributed by atoms with Crippen LogP contribution in [0.1, 0.15) is 32.3 Å². The molecule has 0 aliphatic heterocycles. The number of amides is 1. The van der Waals surface area contributed by atoms with Gasteiger partial charge in [0.2, 0.25) is 0 Å². The van der Waals surface area contributed by atoms with Crippen molar-refractivity contribution < 1.29 is 9.90 Å². The largest absolute Gasteiger partial charge is 0.380 e. The van der Waals surface area contributed by atoms with E-state index >= 15 is 0 Å². The number of rotatable bonds is 5. The first-order valence-electron chi connectivity index (χ1n) is 5.73. The summed E-state index contributed by atoms with van der Waals surface area (Å²) < 4.78 is 0. The number of nitrogens with zero attached hydrogens (tertiary/aromatic N) is 1. The van der Waals surface area contributed by atoms with Crippen molar-refractivity contribution in [1.29, 1.82) is 0 Å². The van der Waals surface area contributed by atoms with E-state index in [1.165, 1.54) is 0 Å². The zero-order valence-electron chi connectivity index (χ0n) is 10.2. The van der Waals surface area contributed by atoms with Crippen LogP contribution < -0.4 is 5.43 Å². The van der Waals surface area contributed by atoms with Gasteiger partial charge in [-0.2, -0.15) is 5.10 Å². The number of nitrogens with one attached hydrogen (secondary N) is 1. The molecule has 2 N–H and O–H groups in total. The first-order chi connectivity index (χ1) is 8.12. The van der Waals surface area contributed by atoms with Gasteiger partial charge >= 0.3 is 0 Å². The number of hydrogen-bond donors (Lipinski definition) is 2. The first kappa shape index (κ1) is 13.4. The minimum Gasteiger partial charge on any atom is -0.380 e. The molecule has 0 fully saturated rings. The number of carbonyl (C=O) groups excluding carboxylic acids is 1. The Balaban J connectivity index is 2.57. The molecule has 0 unspecified atom stereocenters. The molecule has 0 heterocycles. The summed E-state index contributed by atoms with van der Waals surface area (Å²) in [6.45, 7) is 3.54. The van der Waals surface area contributed by atoms with E-state index in [2.05, 4.69) is 10.5 Å². The van der Waals surface area contributed by atoms with Crippen LogP contribution in [0.5, 0.6) is 0 Å². The third-order valence-corrected chi connectivity index (χ3v) is 2.77. The minimum absolute atomic E-state index is 0.371. The highest BCUT2D eigenvalue weighted by atomic mass is 16.3. The van der Waals surface area contributed by atoms with Crippen LogP contribution in [-0.2, 0) is 4.79 Å². The number of carbonyl (C=O) groups is 1. The highest BCUT2D eigenvalue weighted by Gasteiger charge is 2.31. The van der Waals surface area contributed by atoms with Crippen molar-refractivity contribution in [3.8, 4) is 0 Å². The van der Waals surface area contributed by atoms with Gasteiger partial charge < -0.3 is 5.11 Å². The lowest BCUT2D eigenvalue weighted by atomic mass is 9.97. The number of hydrazone groups is 1. The normalized spacial score (nSPS) is 11.7. The molecule has 0 radical (unpaired) electrons. The molecule has 0 aromatic heterocycles. The summed E-state index contributed by atoms with van der Waals surface area (Å²) in [5.74, 6) is -0.463. The van der Waals surface area contributed by atoms with E-state index in [0.29, 0.717) is 12.8 Å². The molecule has 92 valence electrons. The van der Waals surface area contributed by atoms with E-state index in [1.54, 1.807) is 20.1 Å². The topological polar surface area (TPSA) is 61.7 Å². The van der Waals surface area contributed by atoms with Crippen LogP contribution in [0.25, 0.3) is 0 Å². The van der Waals surface area contributed by atoms with Gasteiger partial charge in [-0.05, 0) is 18.4 Å². The summed E-state index contributed by atoms with van der Waals surface area (Å²) in [5.41, 5.74) is 1.92. The van der Waals surface area contributed by atoms with Crippen molar-refractivity contribution in [2.24, 2.45) is 5.10 Å². The third-order valence-electron chi connectivity index (χ3n) is 2.77. The number of hydrogen-bond acceptors (Lipinski definition) is 3. The summed E-state index contributed by atoms with van der Waals surface area (Å²) >= 11 is 0. The van der Waals surface area contributed by atoms with Crippen molar-refractivity contribution in [3.63, 3.8) is 0 Å². The van der Waals surface area contributed by atoms with E-state index in [1.807, 2.05) is 30.3 Å². The van der Waals surface area contributed by atoms with Gasteiger partial charge in [-0.1, -0.05) is 44.2 Å². The molecular weight excluding hydrogens is 216 g/mol.